The zero-order valence-electron chi connectivity index (χ0n) is 15.0. The second-order valence-corrected chi connectivity index (χ2v) is 7.54. The van der Waals surface area contributed by atoms with Crippen molar-refractivity contribution in [1.29, 1.82) is 0 Å². The molecule has 0 spiro atoms. The predicted molar refractivity (Wildman–Crippen MR) is 98.0 cm³/mol. The van der Waals surface area contributed by atoms with Crippen molar-refractivity contribution in [1.82, 2.24) is 15.1 Å². The maximum Gasteiger partial charge on any atom is 0.416 e. The van der Waals surface area contributed by atoms with E-state index in [1.807, 2.05) is 23.6 Å². The minimum Gasteiger partial charge on any atom is -0.369 e. The Balaban J connectivity index is 1.57. The van der Waals surface area contributed by atoms with Crippen LogP contribution in [-0.4, -0.2) is 53.2 Å². The number of nitrogens with one attached hydrogen (secondary N) is 1. The third kappa shape index (κ3) is 4.75. The van der Waals surface area contributed by atoms with Crippen LogP contribution < -0.4 is 10.2 Å². The molecule has 1 amide bonds. The second-order valence-electron chi connectivity index (χ2n) is 6.36. The number of carbonyl (C=O) groups excluding carboxylic acids is 1. The first-order chi connectivity index (χ1) is 12.7. The van der Waals surface area contributed by atoms with Crippen molar-refractivity contribution in [3.8, 4) is 0 Å². The maximum atomic E-state index is 12.9. The molecule has 0 radical (unpaired) electrons. The molecule has 3 rings (SSSR count). The summed E-state index contributed by atoms with van der Waals surface area (Å²) in [5, 5.41) is 11.7. The van der Waals surface area contributed by atoms with Gasteiger partial charge in [-0.15, -0.1) is 10.2 Å². The van der Waals surface area contributed by atoms with Gasteiger partial charge in [0.15, 0.2) is 0 Å². The van der Waals surface area contributed by atoms with Crippen molar-refractivity contribution in [3.63, 3.8) is 0 Å². The third-order valence-electron chi connectivity index (χ3n) is 4.54. The highest BCUT2D eigenvalue weighted by molar-refractivity contribution is 7.15. The van der Waals surface area contributed by atoms with Crippen LogP contribution in [-0.2, 0) is 11.0 Å². The Bertz CT molecular complexity index is 802. The van der Waals surface area contributed by atoms with Crippen molar-refractivity contribution in [2.45, 2.75) is 26.1 Å². The molecule has 2 aromatic rings. The van der Waals surface area contributed by atoms with Gasteiger partial charge in [-0.3, -0.25) is 15.0 Å². The van der Waals surface area contributed by atoms with Gasteiger partial charge in [0, 0.05) is 31.9 Å². The van der Waals surface area contributed by atoms with Gasteiger partial charge >= 0.3 is 6.18 Å². The van der Waals surface area contributed by atoms with Crippen LogP contribution in [0.15, 0.2) is 24.3 Å². The Labute approximate surface area is 159 Å². The molecule has 1 atom stereocenters. The first kappa shape index (κ1) is 19.6. The topological polar surface area (TPSA) is 61.4 Å². The lowest BCUT2D eigenvalue weighted by molar-refractivity contribution is -0.137. The summed E-state index contributed by atoms with van der Waals surface area (Å²) in [4.78, 5) is 16.3. The van der Waals surface area contributed by atoms with Crippen LogP contribution in [0.4, 0.5) is 24.0 Å². The van der Waals surface area contributed by atoms with Gasteiger partial charge in [0.25, 0.3) is 0 Å². The number of nitrogens with zero attached hydrogens (tertiary/aromatic N) is 4. The molecule has 146 valence electrons. The Morgan fingerprint density at radius 2 is 1.93 bits per heavy atom. The van der Waals surface area contributed by atoms with Gasteiger partial charge in [-0.1, -0.05) is 17.4 Å². The zero-order chi connectivity index (χ0) is 19.6. The number of halogens is 3. The molecule has 2 heterocycles. The lowest BCUT2D eigenvalue weighted by Crippen LogP contribution is -2.52. The average Bonchev–Trinajstić information content (AvgIpc) is 3.05. The molecular formula is C17H20F3N5OS. The summed E-state index contributed by atoms with van der Waals surface area (Å²) in [6.07, 6.45) is -4.35. The molecule has 1 N–H and O–H groups in total. The summed E-state index contributed by atoms with van der Waals surface area (Å²) in [6.45, 7) is 5.89. The molecule has 0 saturated carbocycles. The molecule has 0 bridgehead atoms. The SMILES string of the molecule is Cc1nnc(NC(=O)[C@H](C)N2CCN(c3cccc(C(F)(F)F)c3)CC2)s1. The molecule has 1 aliphatic heterocycles. The second kappa shape index (κ2) is 7.81. The van der Waals surface area contributed by atoms with Crippen LogP contribution in [0.2, 0.25) is 0 Å². The van der Waals surface area contributed by atoms with E-state index in [4.69, 9.17) is 0 Å². The van der Waals surface area contributed by atoms with Gasteiger partial charge in [-0.2, -0.15) is 13.2 Å². The molecule has 1 aromatic heterocycles. The molecular weight excluding hydrogens is 379 g/mol. The van der Waals surface area contributed by atoms with E-state index in [0.717, 1.165) is 11.1 Å². The molecule has 1 aromatic carbocycles. The fourth-order valence-electron chi connectivity index (χ4n) is 2.97. The summed E-state index contributed by atoms with van der Waals surface area (Å²) < 4.78 is 38.7. The lowest BCUT2D eigenvalue weighted by atomic mass is 10.1. The van der Waals surface area contributed by atoms with E-state index < -0.39 is 11.7 Å². The van der Waals surface area contributed by atoms with E-state index in [2.05, 4.69) is 15.5 Å². The number of benzene rings is 1. The van der Waals surface area contributed by atoms with E-state index >= 15 is 0 Å². The van der Waals surface area contributed by atoms with Crippen LogP contribution >= 0.6 is 11.3 Å². The molecule has 0 unspecified atom stereocenters. The first-order valence-corrected chi connectivity index (χ1v) is 9.33. The lowest BCUT2D eigenvalue weighted by Gasteiger charge is -2.38. The summed E-state index contributed by atoms with van der Waals surface area (Å²) in [6, 6.07) is 4.98. The fourth-order valence-corrected chi connectivity index (χ4v) is 3.56. The van der Waals surface area contributed by atoms with Crippen molar-refractivity contribution in [2.24, 2.45) is 0 Å². The number of alkyl halides is 3. The number of amides is 1. The van der Waals surface area contributed by atoms with E-state index in [1.165, 1.54) is 23.5 Å². The Morgan fingerprint density at radius 1 is 1.22 bits per heavy atom. The van der Waals surface area contributed by atoms with E-state index in [0.29, 0.717) is 37.0 Å². The minimum absolute atomic E-state index is 0.168. The highest BCUT2D eigenvalue weighted by atomic mass is 32.1. The van der Waals surface area contributed by atoms with Crippen LogP contribution in [0.3, 0.4) is 0 Å². The van der Waals surface area contributed by atoms with Gasteiger partial charge in [0.1, 0.15) is 5.01 Å². The number of aryl methyl sites for hydroxylation is 1. The summed E-state index contributed by atoms with van der Waals surface area (Å²) in [5.41, 5.74) is -0.103. The van der Waals surface area contributed by atoms with Crippen LogP contribution in [0.1, 0.15) is 17.5 Å². The van der Waals surface area contributed by atoms with Crippen molar-refractivity contribution < 1.29 is 18.0 Å². The Hall–Kier alpha value is -2.20. The van der Waals surface area contributed by atoms with Gasteiger partial charge in [0.05, 0.1) is 11.6 Å². The van der Waals surface area contributed by atoms with Crippen LogP contribution in [0.5, 0.6) is 0 Å². The average molecular weight is 399 g/mol. The highest BCUT2D eigenvalue weighted by Gasteiger charge is 2.31. The number of hydrogen-bond acceptors (Lipinski definition) is 6. The summed E-state index contributed by atoms with van der Waals surface area (Å²) >= 11 is 1.31. The van der Waals surface area contributed by atoms with E-state index in [9.17, 15) is 18.0 Å². The minimum atomic E-state index is -4.35. The molecule has 6 nitrogen and oxygen atoms in total. The van der Waals surface area contributed by atoms with Crippen molar-refractivity contribution >= 4 is 28.1 Å². The highest BCUT2D eigenvalue weighted by Crippen LogP contribution is 2.32. The van der Waals surface area contributed by atoms with Gasteiger partial charge < -0.3 is 4.90 Å². The molecule has 27 heavy (non-hydrogen) atoms. The molecule has 1 fully saturated rings. The van der Waals surface area contributed by atoms with E-state index in [1.54, 1.807) is 6.07 Å². The number of anilines is 2. The quantitative estimate of drug-likeness (QED) is 0.857. The molecule has 10 heteroatoms. The predicted octanol–water partition coefficient (Wildman–Crippen LogP) is 3.01. The van der Waals surface area contributed by atoms with Crippen LogP contribution in [0.25, 0.3) is 0 Å². The maximum absolute atomic E-state index is 12.9. The third-order valence-corrected chi connectivity index (χ3v) is 5.29. The normalized spacial score (nSPS) is 17.0. The number of piperazine rings is 1. The van der Waals surface area contributed by atoms with Gasteiger partial charge in [0.2, 0.25) is 11.0 Å². The summed E-state index contributed by atoms with van der Waals surface area (Å²) in [7, 11) is 0. The Kier molecular flexibility index (Phi) is 5.66. The van der Waals surface area contributed by atoms with Gasteiger partial charge in [-0.05, 0) is 32.0 Å². The zero-order valence-corrected chi connectivity index (χ0v) is 15.8. The fraction of sp³-hybridized carbons (Fsp3) is 0.471. The first-order valence-electron chi connectivity index (χ1n) is 8.51. The molecule has 0 aliphatic carbocycles. The van der Waals surface area contributed by atoms with Crippen LogP contribution in [0, 0.1) is 6.92 Å². The van der Waals surface area contributed by atoms with E-state index in [-0.39, 0.29) is 11.9 Å². The standard InChI is InChI=1S/C17H20F3N5OS/c1-11(15(26)21-16-23-22-12(2)27-16)24-6-8-25(9-7-24)14-5-3-4-13(10-14)17(18,19)20/h3-5,10-11H,6-9H2,1-2H3,(H,21,23,26)/t11-/m0/s1. The molecule has 1 aliphatic rings. The van der Waals surface area contributed by atoms with Crippen molar-refractivity contribution in [3.05, 3.63) is 34.8 Å². The summed E-state index contributed by atoms with van der Waals surface area (Å²) in [5.74, 6) is -0.168. The number of carbonyl (C=O) groups is 1. The number of rotatable bonds is 4. The van der Waals surface area contributed by atoms with Crippen molar-refractivity contribution in [2.75, 3.05) is 36.4 Å². The monoisotopic (exact) mass is 399 g/mol. The molecule has 1 saturated heterocycles. The smallest absolute Gasteiger partial charge is 0.369 e. The number of aromatic nitrogens is 2. The van der Waals surface area contributed by atoms with Gasteiger partial charge in [-0.25, -0.2) is 0 Å². The Morgan fingerprint density at radius 3 is 2.52 bits per heavy atom. The largest absolute Gasteiger partial charge is 0.416 e. The number of hydrogen-bond donors (Lipinski definition) is 1.